The number of fused-ring (bicyclic) bond motifs is 2. The highest BCUT2D eigenvalue weighted by molar-refractivity contribution is 5.84. The number of H-pyrrole nitrogens is 1. The Morgan fingerprint density at radius 1 is 1.36 bits per heavy atom. The van der Waals surface area contributed by atoms with Gasteiger partial charge in [0.05, 0.1) is 41.1 Å². The van der Waals surface area contributed by atoms with Crippen molar-refractivity contribution < 1.29 is 9.90 Å². The second kappa shape index (κ2) is 7.53. The maximum absolute atomic E-state index is 12.8. The molecule has 0 aromatic carbocycles. The maximum Gasteiger partial charge on any atom is 0.328 e. The van der Waals surface area contributed by atoms with Gasteiger partial charge in [0.1, 0.15) is 11.1 Å². The van der Waals surface area contributed by atoms with Gasteiger partial charge >= 0.3 is 5.69 Å². The first kappa shape index (κ1) is 20.8. The summed E-state index contributed by atoms with van der Waals surface area (Å²) in [6, 6.07) is 5.20. The van der Waals surface area contributed by atoms with E-state index in [2.05, 4.69) is 26.1 Å². The zero-order chi connectivity index (χ0) is 23.3. The van der Waals surface area contributed by atoms with E-state index in [4.69, 9.17) is 0 Å². The van der Waals surface area contributed by atoms with E-state index in [1.165, 1.54) is 13.8 Å². The summed E-state index contributed by atoms with van der Waals surface area (Å²) >= 11 is 0. The molecule has 4 aromatic rings. The molecule has 4 aromatic heterocycles. The van der Waals surface area contributed by atoms with Gasteiger partial charge in [0.15, 0.2) is 11.5 Å². The predicted octanol–water partition coefficient (Wildman–Crippen LogP) is 1.24. The van der Waals surface area contributed by atoms with Gasteiger partial charge < -0.3 is 15.0 Å². The van der Waals surface area contributed by atoms with Crippen molar-refractivity contribution in [2.75, 3.05) is 13.1 Å². The molecule has 1 saturated heterocycles. The number of nitrogens with zero attached hydrogens (tertiary/aromatic N) is 7. The summed E-state index contributed by atoms with van der Waals surface area (Å²) in [5.41, 5.74) is 0.920. The molecule has 0 bridgehead atoms. The third kappa shape index (κ3) is 3.54. The Kier molecular flexibility index (Phi) is 4.75. The number of aromatic nitrogens is 6. The zero-order valence-corrected chi connectivity index (χ0v) is 18.2. The number of pyridine rings is 1. The van der Waals surface area contributed by atoms with Crippen LogP contribution in [0.2, 0.25) is 0 Å². The molecule has 0 spiro atoms. The van der Waals surface area contributed by atoms with Gasteiger partial charge in [0.2, 0.25) is 0 Å². The molecule has 33 heavy (non-hydrogen) atoms. The highest BCUT2D eigenvalue weighted by Gasteiger charge is 2.34. The van der Waals surface area contributed by atoms with Crippen LogP contribution in [0, 0.1) is 11.3 Å². The van der Waals surface area contributed by atoms with Crippen molar-refractivity contribution >= 4 is 22.6 Å². The lowest BCUT2D eigenvalue weighted by molar-refractivity contribution is -0.149. The number of nitriles is 1. The van der Waals surface area contributed by atoms with Crippen molar-refractivity contribution in [2.45, 2.75) is 38.3 Å². The average Bonchev–Trinajstić information content (AvgIpc) is 3.37. The monoisotopic (exact) mass is 446 g/mol. The van der Waals surface area contributed by atoms with E-state index in [1.807, 2.05) is 0 Å². The summed E-state index contributed by atoms with van der Waals surface area (Å²) in [6.07, 6.45) is 6.27. The van der Waals surface area contributed by atoms with Crippen LogP contribution >= 0.6 is 0 Å². The minimum Gasteiger partial charge on any atom is -0.381 e. The van der Waals surface area contributed by atoms with Crippen molar-refractivity contribution in [3.8, 4) is 17.5 Å². The Bertz CT molecular complexity index is 1480. The van der Waals surface area contributed by atoms with Crippen molar-refractivity contribution in [2.24, 2.45) is 0 Å². The van der Waals surface area contributed by atoms with Crippen molar-refractivity contribution in [1.82, 2.24) is 34.0 Å². The fourth-order valence-electron chi connectivity index (χ4n) is 4.34. The van der Waals surface area contributed by atoms with Crippen molar-refractivity contribution in [1.29, 1.82) is 5.26 Å². The van der Waals surface area contributed by atoms with E-state index in [0.717, 1.165) is 0 Å². The van der Waals surface area contributed by atoms with Gasteiger partial charge in [0, 0.05) is 19.3 Å². The number of hydrogen-bond donors (Lipinski definition) is 2. The van der Waals surface area contributed by atoms with E-state index in [9.17, 15) is 20.0 Å². The number of hydrogen-bond acceptors (Lipinski definition) is 7. The van der Waals surface area contributed by atoms with E-state index in [1.54, 1.807) is 44.7 Å². The predicted molar refractivity (Wildman–Crippen MR) is 118 cm³/mol. The molecule has 0 saturated carbocycles. The maximum atomic E-state index is 12.8. The van der Waals surface area contributed by atoms with Crippen molar-refractivity contribution in [3.05, 3.63) is 46.8 Å². The fraction of sp³-hybridized carbons (Fsp3) is 0.364. The normalized spacial score (nSPS) is 16.9. The number of carbonyl (C=O) groups excluding carboxylic acids is 1. The molecule has 168 valence electrons. The average molecular weight is 446 g/mol. The molecule has 2 N–H and O–H groups in total. The summed E-state index contributed by atoms with van der Waals surface area (Å²) in [5.74, 6) is 0.00984. The van der Waals surface area contributed by atoms with Gasteiger partial charge in [-0.1, -0.05) is 0 Å². The lowest BCUT2D eigenvalue weighted by Gasteiger charge is -2.36. The molecule has 0 aliphatic carbocycles. The second-order valence-corrected chi connectivity index (χ2v) is 8.75. The van der Waals surface area contributed by atoms with Crippen LogP contribution < -0.4 is 5.69 Å². The number of nitrogens with one attached hydrogen (secondary N) is 1. The molecule has 0 radical (unpaired) electrons. The highest BCUT2D eigenvalue weighted by atomic mass is 16.3. The van der Waals surface area contributed by atoms with Crippen LogP contribution in [0.1, 0.15) is 38.3 Å². The van der Waals surface area contributed by atoms with Gasteiger partial charge in [-0.25, -0.2) is 19.3 Å². The minimum absolute atomic E-state index is 0.289. The molecule has 1 unspecified atom stereocenters. The molecule has 1 fully saturated rings. The van der Waals surface area contributed by atoms with Crippen LogP contribution in [-0.4, -0.2) is 63.7 Å². The minimum atomic E-state index is -1.48. The summed E-state index contributed by atoms with van der Waals surface area (Å²) < 4.78 is 3.20. The van der Waals surface area contributed by atoms with E-state index < -0.39 is 5.60 Å². The Hall–Kier alpha value is -4.04. The van der Waals surface area contributed by atoms with Crippen molar-refractivity contribution in [3.63, 3.8) is 0 Å². The molecule has 1 aliphatic heterocycles. The molecular weight excluding hydrogens is 424 g/mol. The van der Waals surface area contributed by atoms with Crippen LogP contribution in [0.25, 0.3) is 28.1 Å². The number of rotatable bonds is 3. The van der Waals surface area contributed by atoms with Gasteiger partial charge in [-0.15, -0.1) is 0 Å². The summed E-state index contributed by atoms with van der Waals surface area (Å²) in [4.78, 5) is 38.9. The van der Waals surface area contributed by atoms with Crippen LogP contribution in [0.15, 0.2) is 35.5 Å². The number of amides is 1. The van der Waals surface area contributed by atoms with Crippen LogP contribution in [-0.2, 0) is 4.79 Å². The largest absolute Gasteiger partial charge is 0.381 e. The second-order valence-electron chi connectivity index (χ2n) is 8.75. The number of imidazole rings is 1. The molecule has 1 atom stereocenters. The molecule has 1 amide bonds. The Labute approximate surface area is 187 Å². The van der Waals surface area contributed by atoms with Crippen LogP contribution in [0.5, 0.6) is 0 Å². The summed E-state index contributed by atoms with van der Waals surface area (Å²) in [5, 5.41) is 23.7. The Balaban J connectivity index is 1.57. The van der Waals surface area contributed by atoms with Gasteiger partial charge in [-0.3, -0.25) is 9.36 Å². The first-order valence-electron chi connectivity index (χ1n) is 10.6. The van der Waals surface area contributed by atoms with E-state index in [0.29, 0.717) is 59.6 Å². The Morgan fingerprint density at radius 2 is 2.18 bits per heavy atom. The van der Waals surface area contributed by atoms with E-state index >= 15 is 0 Å². The molecule has 11 nitrogen and oxygen atoms in total. The van der Waals surface area contributed by atoms with Crippen LogP contribution in [0.4, 0.5) is 0 Å². The first-order chi connectivity index (χ1) is 15.8. The molecule has 1 aliphatic rings. The lowest BCUT2D eigenvalue weighted by Crippen LogP contribution is -2.50. The summed E-state index contributed by atoms with van der Waals surface area (Å²) in [6.45, 7) is 3.76. The zero-order valence-electron chi connectivity index (χ0n) is 18.2. The number of carbonyl (C=O) groups is 1. The standard InChI is InChI=1S/C22H22N8O3/c1-22(2,33)20(31)28-6-3-4-14(12-28)30-19-16(26-21(30)32)11-24-18(27-19)15-10-25-29-7-5-13(9-23)8-17(15)29/h5,7-8,10-11,14,33H,3-4,6,12H2,1-2H3,(H,26,32). The smallest absolute Gasteiger partial charge is 0.328 e. The molecule has 5 rings (SSSR count). The quantitative estimate of drug-likeness (QED) is 0.481. The fourth-order valence-corrected chi connectivity index (χ4v) is 4.34. The topological polar surface area (TPSA) is 145 Å². The molecule has 11 heteroatoms. The van der Waals surface area contributed by atoms with E-state index in [-0.39, 0.29) is 17.6 Å². The number of aromatic amines is 1. The Morgan fingerprint density at radius 3 is 2.94 bits per heavy atom. The molecular formula is C22H22N8O3. The molecule has 5 heterocycles. The van der Waals surface area contributed by atoms with Gasteiger partial charge in [-0.2, -0.15) is 10.4 Å². The number of aliphatic hydroxyl groups is 1. The van der Waals surface area contributed by atoms with Crippen LogP contribution in [0.3, 0.4) is 0 Å². The third-order valence-electron chi connectivity index (χ3n) is 5.92. The lowest BCUT2D eigenvalue weighted by atomic mass is 10.0. The van der Waals surface area contributed by atoms with Gasteiger partial charge in [0.25, 0.3) is 5.91 Å². The highest BCUT2D eigenvalue weighted by Crippen LogP contribution is 2.27. The first-order valence-corrected chi connectivity index (χ1v) is 10.6. The summed E-state index contributed by atoms with van der Waals surface area (Å²) in [7, 11) is 0. The SMILES string of the molecule is CC(C)(O)C(=O)N1CCCC(n2c(=O)[nH]c3cnc(-c4cnn5ccc(C#N)cc45)nc32)C1. The number of likely N-dealkylation sites (tertiary alicyclic amines) is 1. The van der Waals surface area contributed by atoms with Gasteiger partial charge in [-0.05, 0) is 38.8 Å². The number of piperidine rings is 1. The third-order valence-corrected chi connectivity index (χ3v) is 5.92.